The van der Waals surface area contributed by atoms with Crippen LogP contribution in [0.3, 0.4) is 0 Å². The Kier molecular flexibility index (Phi) is 2.57. The minimum atomic E-state index is 0.642. The highest BCUT2D eigenvalue weighted by atomic mass is 15.4. The molecular formula is C15H16N6. The topological polar surface area (TPSA) is 72.3 Å². The van der Waals surface area contributed by atoms with E-state index in [1.54, 1.807) is 10.8 Å². The Bertz CT molecular complexity index is 822. The first-order valence-electron chi connectivity index (χ1n) is 7.00. The molecule has 0 radical (unpaired) electrons. The Balaban J connectivity index is 1.78. The van der Waals surface area contributed by atoms with Gasteiger partial charge in [-0.15, -0.1) is 0 Å². The van der Waals surface area contributed by atoms with Crippen molar-refractivity contribution >= 4 is 17.3 Å². The molecule has 21 heavy (non-hydrogen) atoms. The Hall–Kier alpha value is -2.63. The van der Waals surface area contributed by atoms with E-state index in [4.69, 9.17) is 5.73 Å². The number of hydrogen-bond donors (Lipinski definition) is 1. The zero-order chi connectivity index (χ0) is 14.4. The lowest BCUT2D eigenvalue weighted by molar-refractivity contribution is 0.702. The lowest BCUT2D eigenvalue weighted by atomic mass is 9.99. The highest BCUT2D eigenvalue weighted by Gasteiger charge is 2.19. The van der Waals surface area contributed by atoms with E-state index in [9.17, 15) is 0 Å². The Morgan fingerprint density at radius 3 is 3.00 bits per heavy atom. The van der Waals surface area contributed by atoms with Gasteiger partial charge in [0, 0.05) is 30.5 Å². The average molecular weight is 280 g/mol. The standard InChI is InChI=1S/C15H16N6/c1-10-6-14(21-15(19-10)17-9-18-21)20-5-4-11-2-3-13(16)7-12(11)8-20/h2-3,6-7,9H,4-5,8,16H2,1H3. The summed E-state index contributed by atoms with van der Waals surface area (Å²) in [7, 11) is 0. The molecule has 3 aromatic rings. The van der Waals surface area contributed by atoms with Gasteiger partial charge in [0.1, 0.15) is 12.1 Å². The molecule has 0 amide bonds. The van der Waals surface area contributed by atoms with Gasteiger partial charge in [0.2, 0.25) is 0 Å². The smallest absolute Gasteiger partial charge is 0.254 e. The first-order chi connectivity index (χ1) is 10.2. The number of aromatic nitrogens is 4. The molecule has 3 heterocycles. The predicted molar refractivity (Wildman–Crippen MR) is 81.1 cm³/mol. The zero-order valence-corrected chi connectivity index (χ0v) is 11.8. The van der Waals surface area contributed by atoms with Crippen molar-refractivity contribution < 1.29 is 0 Å². The summed E-state index contributed by atoms with van der Waals surface area (Å²) in [6.07, 6.45) is 2.55. The fraction of sp³-hybridized carbons (Fsp3) is 0.267. The van der Waals surface area contributed by atoms with E-state index < -0.39 is 0 Å². The van der Waals surface area contributed by atoms with Gasteiger partial charge in [-0.3, -0.25) is 0 Å². The molecule has 0 atom stereocenters. The third kappa shape index (κ3) is 1.99. The average Bonchev–Trinajstić information content (AvgIpc) is 2.93. The largest absolute Gasteiger partial charge is 0.399 e. The molecule has 4 rings (SSSR count). The van der Waals surface area contributed by atoms with Crippen LogP contribution in [0.4, 0.5) is 11.5 Å². The fourth-order valence-electron chi connectivity index (χ4n) is 2.91. The van der Waals surface area contributed by atoms with Gasteiger partial charge in [-0.1, -0.05) is 6.07 Å². The number of nitrogen functional groups attached to an aromatic ring is 1. The SMILES string of the molecule is Cc1cc(N2CCc3ccc(N)cc3C2)n2ncnc2n1. The lowest BCUT2D eigenvalue weighted by Crippen LogP contribution is -2.32. The van der Waals surface area contributed by atoms with Crippen molar-refractivity contribution in [3.8, 4) is 0 Å². The number of aryl methyl sites for hydroxylation is 1. The van der Waals surface area contributed by atoms with Crippen LogP contribution in [0.1, 0.15) is 16.8 Å². The van der Waals surface area contributed by atoms with Crippen molar-refractivity contribution in [3.05, 3.63) is 47.4 Å². The molecule has 0 bridgehead atoms. The lowest BCUT2D eigenvalue weighted by Gasteiger charge is -2.30. The summed E-state index contributed by atoms with van der Waals surface area (Å²) in [6, 6.07) is 8.22. The summed E-state index contributed by atoms with van der Waals surface area (Å²) >= 11 is 0. The number of rotatable bonds is 1. The van der Waals surface area contributed by atoms with Crippen LogP contribution in [0.5, 0.6) is 0 Å². The molecule has 6 nitrogen and oxygen atoms in total. The molecular weight excluding hydrogens is 264 g/mol. The number of nitrogens with two attached hydrogens (primary N) is 1. The summed E-state index contributed by atoms with van der Waals surface area (Å²) < 4.78 is 1.80. The molecule has 0 unspecified atom stereocenters. The molecule has 1 aliphatic heterocycles. The predicted octanol–water partition coefficient (Wildman–Crippen LogP) is 1.58. The summed E-state index contributed by atoms with van der Waals surface area (Å²) in [6.45, 7) is 3.77. The molecule has 106 valence electrons. The van der Waals surface area contributed by atoms with Crippen LogP contribution in [0.25, 0.3) is 5.78 Å². The van der Waals surface area contributed by atoms with E-state index in [1.807, 2.05) is 13.0 Å². The summed E-state index contributed by atoms with van der Waals surface area (Å²) in [4.78, 5) is 10.9. The van der Waals surface area contributed by atoms with Crippen molar-refractivity contribution in [1.29, 1.82) is 0 Å². The highest BCUT2D eigenvalue weighted by Crippen LogP contribution is 2.26. The third-order valence-corrected chi connectivity index (χ3v) is 3.93. The fourth-order valence-corrected chi connectivity index (χ4v) is 2.91. The van der Waals surface area contributed by atoms with Crippen LogP contribution < -0.4 is 10.6 Å². The maximum Gasteiger partial charge on any atom is 0.254 e. The molecule has 0 saturated carbocycles. The van der Waals surface area contributed by atoms with Gasteiger partial charge in [-0.2, -0.15) is 14.6 Å². The van der Waals surface area contributed by atoms with Crippen LogP contribution in [-0.4, -0.2) is 26.1 Å². The molecule has 0 spiro atoms. The molecule has 2 N–H and O–H groups in total. The number of hydrogen-bond acceptors (Lipinski definition) is 5. The van der Waals surface area contributed by atoms with Crippen LogP contribution in [0.2, 0.25) is 0 Å². The Morgan fingerprint density at radius 1 is 1.19 bits per heavy atom. The maximum absolute atomic E-state index is 5.91. The second-order valence-corrected chi connectivity index (χ2v) is 5.43. The van der Waals surface area contributed by atoms with Gasteiger partial charge in [0.05, 0.1) is 0 Å². The van der Waals surface area contributed by atoms with E-state index in [-0.39, 0.29) is 0 Å². The molecule has 0 saturated heterocycles. The number of nitrogens with zero attached hydrogens (tertiary/aromatic N) is 5. The van der Waals surface area contributed by atoms with Gasteiger partial charge in [-0.25, -0.2) is 4.98 Å². The molecule has 1 aromatic carbocycles. The molecule has 2 aromatic heterocycles. The van der Waals surface area contributed by atoms with Gasteiger partial charge in [-0.05, 0) is 36.6 Å². The van der Waals surface area contributed by atoms with E-state index in [2.05, 4.69) is 38.2 Å². The van der Waals surface area contributed by atoms with Crippen molar-refractivity contribution in [3.63, 3.8) is 0 Å². The molecule has 6 heteroatoms. The first-order valence-corrected chi connectivity index (χ1v) is 7.00. The van der Waals surface area contributed by atoms with E-state index >= 15 is 0 Å². The third-order valence-electron chi connectivity index (χ3n) is 3.93. The quantitative estimate of drug-likeness (QED) is 0.685. The van der Waals surface area contributed by atoms with E-state index in [1.165, 1.54) is 11.1 Å². The van der Waals surface area contributed by atoms with Crippen LogP contribution in [-0.2, 0) is 13.0 Å². The summed E-state index contributed by atoms with van der Waals surface area (Å²) in [5, 5.41) is 4.29. The van der Waals surface area contributed by atoms with Crippen molar-refractivity contribution in [2.75, 3.05) is 17.2 Å². The van der Waals surface area contributed by atoms with Gasteiger partial charge in [0.25, 0.3) is 5.78 Å². The second kappa shape index (κ2) is 4.44. The molecule has 0 fully saturated rings. The van der Waals surface area contributed by atoms with Crippen molar-refractivity contribution in [2.45, 2.75) is 19.9 Å². The zero-order valence-electron chi connectivity index (χ0n) is 11.8. The van der Waals surface area contributed by atoms with Crippen LogP contribution >= 0.6 is 0 Å². The molecule has 0 aliphatic carbocycles. The van der Waals surface area contributed by atoms with Gasteiger partial charge in [0.15, 0.2) is 0 Å². The first kappa shape index (κ1) is 12.1. The normalized spacial score (nSPS) is 14.4. The Labute approximate surface area is 122 Å². The van der Waals surface area contributed by atoms with Gasteiger partial charge >= 0.3 is 0 Å². The summed E-state index contributed by atoms with van der Waals surface area (Å²) in [5.74, 6) is 1.67. The van der Waals surface area contributed by atoms with Gasteiger partial charge < -0.3 is 10.6 Å². The maximum atomic E-state index is 5.91. The van der Waals surface area contributed by atoms with Crippen molar-refractivity contribution in [2.24, 2.45) is 0 Å². The summed E-state index contributed by atoms with van der Waals surface area (Å²) in [5.41, 5.74) is 10.3. The Morgan fingerprint density at radius 2 is 2.10 bits per heavy atom. The minimum absolute atomic E-state index is 0.642. The highest BCUT2D eigenvalue weighted by molar-refractivity contribution is 5.52. The van der Waals surface area contributed by atoms with E-state index in [0.717, 1.165) is 36.7 Å². The number of fused-ring (bicyclic) bond motifs is 2. The minimum Gasteiger partial charge on any atom is -0.399 e. The number of benzene rings is 1. The van der Waals surface area contributed by atoms with Crippen LogP contribution in [0.15, 0.2) is 30.6 Å². The van der Waals surface area contributed by atoms with Crippen LogP contribution in [0, 0.1) is 6.92 Å². The molecule has 1 aliphatic rings. The van der Waals surface area contributed by atoms with E-state index in [0.29, 0.717) is 5.78 Å². The second-order valence-electron chi connectivity index (χ2n) is 5.43. The van der Waals surface area contributed by atoms with Crippen molar-refractivity contribution in [1.82, 2.24) is 19.6 Å². The monoisotopic (exact) mass is 280 g/mol. The number of anilines is 2.